The maximum absolute atomic E-state index is 13.7. The molecule has 4 N–H and O–H groups in total. The molecule has 7 nitrogen and oxygen atoms in total. The molecule has 2 atom stereocenters. The van der Waals surface area contributed by atoms with Gasteiger partial charge in [0.15, 0.2) is 0 Å². The van der Waals surface area contributed by atoms with Crippen LogP contribution < -0.4 is 5.48 Å². The van der Waals surface area contributed by atoms with E-state index in [-0.39, 0.29) is 30.5 Å². The van der Waals surface area contributed by atoms with Crippen molar-refractivity contribution in [1.82, 2.24) is 15.4 Å². The van der Waals surface area contributed by atoms with Crippen LogP contribution >= 0.6 is 0 Å². The van der Waals surface area contributed by atoms with Gasteiger partial charge in [-0.15, -0.1) is 0 Å². The molecule has 0 bridgehead atoms. The molecule has 7 heteroatoms. The maximum Gasteiger partial charge on any atom is 0.267 e. The molecule has 2 amide bonds. The minimum absolute atomic E-state index is 0.0373. The fourth-order valence-electron chi connectivity index (χ4n) is 5.48. The summed E-state index contributed by atoms with van der Waals surface area (Å²) in [6.07, 6.45) is 10.1. The van der Waals surface area contributed by atoms with E-state index in [1.54, 1.807) is 11.6 Å². The van der Waals surface area contributed by atoms with Crippen molar-refractivity contribution in [2.24, 2.45) is 5.92 Å². The van der Waals surface area contributed by atoms with Crippen molar-refractivity contribution in [1.29, 1.82) is 0 Å². The maximum atomic E-state index is 13.7. The molecular formula is C28H31N3O4. The van der Waals surface area contributed by atoms with E-state index >= 15 is 0 Å². The molecule has 0 unspecified atom stereocenters. The topological polar surface area (TPSA) is 106 Å². The number of aliphatic hydroxyl groups excluding tert-OH is 1. The standard InChI is InChI=1S/C28H31N3O4/c32-17-22(15-21-16-29-25-7-2-1-6-23(21)25)31(28(34)19-4-3-5-19)26-12-10-20-14-18(8-11-24(20)26)9-13-27(33)30-35/h1-2,6-9,11,13-14,16,19,22,26,29,32,35H,3-5,10,12,15,17H2,(H,30,33)/t22-,26+/m0/s1. The van der Waals surface area contributed by atoms with Gasteiger partial charge in [-0.2, -0.15) is 0 Å². The highest BCUT2D eigenvalue weighted by molar-refractivity contribution is 5.90. The van der Waals surface area contributed by atoms with E-state index < -0.39 is 5.91 Å². The Morgan fingerprint density at radius 2 is 2.00 bits per heavy atom. The van der Waals surface area contributed by atoms with Crippen molar-refractivity contribution < 1.29 is 19.9 Å². The average molecular weight is 474 g/mol. The van der Waals surface area contributed by atoms with E-state index in [0.717, 1.165) is 65.3 Å². The third-order valence-corrected chi connectivity index (χ3v) is 7.53. The van der Waals surface area contributed by atoms with Crippen LogP contribution in [0.2, 0.25) is 0 Å². The lowest BCUT2D eigenvalue weighted by Crippen LogP contribution is -2.49. The third-order valence-electron chi connectivity index (χ3n) is 7.53. The number of carbonyl (C=O) groups excluding carboxylic acids is 2. The summed E-state index contributed by atoms with van der Waals surface area (Å²) in [7, 11) is 0. The number of amides is 2. The number of carbonyl (C=O) groups is 2. The Bertz CT molecular complexity index is 1260. The Morgan fingerprint density at radius 3 is 2.74 bits per heavy atom. The van der Waals surface area contributed by atoms with Crippen LogP contribution in [0.1, 0.15) is 54.0 Å². The Balaban J connectivity index is 1.45. The van der Waals surface area contributed by atoms with Gasteiger partial charge < -0.3 is 15.0 Å². The minimum Gasteiger partial charge on any atom is -0.394 e. The van der Waals surface area contributed by atoms with Crippen LogP contribution in [0.15, 0.2) is 54.7 Å². The van der Waals surface area contributed by atoms with Gasteiger partial charge in [-0.1, -0.05) is 42.8 Å². The van der Waals surface area contributed by atoms with Gasteiger partial charge in [0.25, 0.3) is 5.91 Å². The van der Waals surface area contributed by atoms with Crippen molar-refractivity contribution >= 4 is 28.8 Å². The number of hydrogen-bond acceptors (Lipinski definition) is 4. The molecule has 182 valence electrons. The van der Waals surface area contributed by atoms with E-state index in [9.17, 15) is 14.7 Å². The van der Waals surface area contributed by atoms with Crippen LogP contribution in [0, 0.1) is 5.92 Å². The summed E-state index contributed by atoms with van der Waals surface area (Å²) in [5, 5.41) is 20.3. The number of aryl methyl sites for hydroxylation is 1. The molecule has 1 heterocycles. The van der Waals surface area contributed by atoms with Crippen molar-refractivity contribution in [2.45, 2.75) is 50.6 Å². The lowest BCUT2D eigenvalue weighted by Gasteiger charge is -2.40. The molecule has 0 saturated heterocycles. The first-order chi connectivity index (χ1) is 17.1. The van der Waals surface area contributed by atoms with E-state index in [1.165, 1.54) is 6.08 Å². The summed E-state index contributed by atoms with van der Waals surface area (Å²) in [6, 6.07) is 13.7. The summed E-state index contributed by atoms with van der Waals surface area (Å²) in [6.45, 7) is -0.0963. The number of rotatable bonds is 8. The number of H-pyrrole nitrogens is 1. The van der Waals surface area contributed by atoms with Crippen LogP contribution in [-0.4, -0.2) is 44.7 Å². The molecular weight excluding hydrogens is 442 g/mol. The fraction of sp³-hybridized carbons (Fsp3) is 0.357. The zero-order valence-electron chi connectivity index (χ0n) is 19.6. The zero-order valence-corrected chi connectivity index (χ0v) is 19.6. The first kappa shape index (κ1) is 23.3. The number of hydroxylamine groups is 1. The highest BCUT2D eigenvalue weighted by atomic mass is 16.5. The lowest BCUT2D eigenvalue weighted by atomic mass is 9.83. The van der Waals surface area contributed by atoms with Crippen molar-refractivity contribution in [3.63, 3.8) is 0 Å². The van der Waals surface area contributed by atoms with Crippen LogP contribution in [0.3, 0.4) is 0 Å². The predicted molar refractivity (Wildman–Crippen MR) is 134 cm³/mol. The van der Waals surface area contributed by atoms with E-state index in [1.807, 2.05) is 47.5 Å². The Morgan fingerprint density at radius 1 is 1.17 bits per heavy atom. The number of benzene rings is 2. The Labute approximate surface area is 204 Å². The second kappa shape index (κ2) is 10.1. The van der Waals surface area contributed by atoms with Crippen LogP contribution in [-0.2, 0) is 22.4 Å². The first-order valence-electron chi connectivity index (χ1n) is 12.3. The molecule has 2 aromatic carbocycles. The number of aliphatic hydroxyl groups is 1. The molecule has 2 aliphatic rings. The number of fused-ring (bicyclic) bond motifs is 2. The van der Waals surface area contributed by atoms with Crippen LogP contribution in [0.4, 0.5) is 0 Å². The van der Waals surface area contributed by atoms with Crippen LogP contribution in [0.25, 0.3) is 17.0 Å². The molecule has 1 saturated carbocycles. The lowest BCUT2D eigenvalue weighted by molar-refractivity contribution is -0.144. The zero-order chi connectivity index (χ0) is 24.4. The molecule has 0 spiro atoms. The summed E-state index contributed by atoms with van der Waals surface area (Å²) in [5.74, 6) is -0.393. The van der Waals surface area contributed by atoms with Gasteiger partial charge in [0.2, 0.25) is 5.91 Å². The second-order valence-electron chi connectivity index (χ2n) is 9.60. The monoisotopic (exact) mass is 473 g/mol. The van der Waals surface area contributed by atoms with Crippen molar-refractivity contribution in [3.05, 3.63) is 77.0 Å². The summed E-state index contributed by atoms with van der Waals surface area (Å²) >= 11 is 0. The molecule has 1 aromatic heterocycles. The fourth-order valence-corrected chi connectivity index (χ4v) is 5.48. The average Bonchev–Trinajstić information content (AvgIpc) is 3.45. The first-order valence-corrected chi connectivity index (χ1v) is 12.3. The van der Waals surface area contributed by atoms with Crippen LogP contribution in [0.5, 0.6) is 0 Å². The molecule has 0 radical (unpaired) electrons. The van der Waals surface area contributed by atoms with Gasteiger partial charge in [0, 0.05) is 29.1 Å². The van der Waals surface area contributed by atoms with E-state index in [2.05, 4.69) is 11.1 Å². The van der Waals surface area contributed by atoms with Gasteiger partial charge in [0.05, 0.1) is 18.7 Å². The molecule has 0 aliphatic heterocycles. The molecule has 5 rings (SSSR count). The largest absolute Gasteiger partial charge is 0.394 e. The van der Waals surface area contributed by atoms with Gasteiger partial charge >= 0.3 is 0 Å². The number of nitrogens with zero attached hydrogens (tertiary/aromatic N) is 1. The van der Waals surface area contributed by atoms with Gasteiger partial charge in [-0.25, -0.2) is 5.48 Å². The van der Waals surface area contributed by atoms with E-state index in [0.29, 0.717) is 6.42 Å². The number of aromatic nitrogens is 1. The molecule has 2 aliphatic carbocycles. The number of para-hydroxylation sites is 1. The Kier molecular flexibility index (Phi) is 6.70. The normalized spacial score (nSPS) is 18.4. The quantitative estimate of drug-likeness (QED) is 0.226. The number of nitrogens with one attached hydrogen (secondary N) is 2. The Hall–Kier alpha value is -3.42. The second-order valence-corrected chi connectivity index (χ2v) is 9.60. The minimum atomic E-state index is -0.580. The summed E-state index contributed by atoms with van der Waals surface area (Å²) in [5.41, 5.74) is 6.88. The van der Waals surface area contributed by atoms with Crippen molar-refractivity contribution in [3.8, 4) is 0 Å². The van der Waals surface area contributed by atoms with Gasteiger partial charge in [-0.05, 0) is 66.5 Å². The highest BCUT2D eigenvalue weighted by Gasteiger charge is 2.40. The third kappa shape index (κ3) is 4.61. The number of aromatic amines is 1. The van der Waals surface area contributed by atoms with Gasteiger partial charge in [0.1, 0.15) is 0 Å². The molecule has 1 fully saturated rings. The SMILES string of the molecule is O=C(C=Cc1ccc2c(c1)CC[C@H]2N(C(=O)C1CCC1)[C@H](CO)Cc1c[nH]c2ccccc12)NO. The summed E-state index contributed by atoms with van der Waals surface area (Å²) < 4.78 is 0. The molecule has 3 aromatic rings. The summed E-state index contributed by atoms with van der Waals surface area (Å²) in [4.78, 5) is 30.3. The highest BCUT2D eigenvalue weighted by Crippen LogP contribution is 2.41. The van der Waals surface area contributed by atoms with Gasteiger partial charge in [-0.3, -0.25) is 14.8 Å². The predicted octanol–water partition coefficient (Wildman–Crippen LogP) is 3.91. The van der Waals surface area contributed by atoms with Crippen molar-refractivity contribution in [2.75, 3.05) is 6.61 Å². The van der Waals surface area contributed by atoms with E-state index in [4.69, 9.17) is 5.21 Å². The molecule has 35 heavy (non-hydrogen) atoms. The number of hydrogen-bond donors (Lipinski definition) is 4. The smallest absolute Gasteiger partial charge is 0.267 e.